The van der Waals surface area contributed by atoms with Crippen molar-refractivity contribution in [1.82, 2.24) is 10.3 Å². The predicted octanol–water partition coefficient (Wildman–Crippen LogP) is 4.15. The smallest absolute Gasteiger partial charge is 0.258 e. The summed E-state index contributed by atoms with van der Waals surface area (Å²) in [7, 11) is 0. The van der Waals surface area contributed by atoms with E-state index in [1.165, 1.54) is 32.1 Å². The average Bonchev–Trinajstić information content (AvgIpc) is 2.61. The van der Waals surface area contributed by atoms with E-state index in [1.54, 1.807) is 13.1 Å². The Balaban J connectivity index is 2.23. The minimum Gasteiger partial charge on any atom is -0.379 e. The predicted molar refractivity (Wildman–Crippen MR) is 104 cm³/mol. The highest BCUT2D eigenvalue weighted by Gasteiger charge is 2.18. The molecule has 0 bridgehead atoms. The minimum atomic E-state index is -0.295. The van der Waals surface area contributed by atoms with Crippen molar-refractivity contribution >= 4 is 23.2 Å². The van der Waals surface area contributed by atoms with Crippen molar-refractivity contribution in [1.29, 1.82) is 5.41 Å². The molecule has 4 N–H and O–H groups in total. The summed E-state index contributed by atoms with van der Waals surface area (Å²) in [6.45, 7) is 5.85. The number of nitrogens with zero attached hydrogens (tertiary/aromatic N) is 1. The Hall–Kier alpha value is -2.11. The summed E-state index contributed by atoms with van der Waals surface area (Å²) in [5, 5.41) is 17.0. The molecule has 1 aromatic rings. The third kappa shape index (κ3) is 5.73. The van der Waals surface area contributed by atoms with E-state index in [0.29, 0.717) is 17.6 Å². The van der Waals surface area contributed by atoms with Gasteiger partial charge in [0.15, 0.2) is 0 Å². The molecule has 0 saturated heterocycles. The van der Waals surface area contributed by atoms with E-state index in [1.807, 2.05) is 6.07 Å². The first kappa shape index (κ1) is 19.2. The van der Waals surface area contributed by atoms with E-state index in [4.69, 9.17) is 5.41 Å². The molecule has 0 aliphatic heterocycles. The molecule has 25 heavy (non-hydrogen) atoms. The third-order valence-electron chi connectivity index (χ3n) is 4.74. The first-order valence-electron chi connectivity index (χ1n) is 9.43. The molecular formula is C19H31N5O. The number of hydrogen-bond acceptors (Lipinski definition) is 5. The number of anilines is 2. The lowest BCUT2D eigenvalue weighted by molar-refractivity contribution is 0.0976. The molecule has 2 rings (SSSR count). The van der Waals surface area contributed by atoms with Gasteiger partial charge in [-0.3, -0.25) is 10.2 Å². The molecule has 1 aromatic heterocycles. The van der Waals surface area contributed by atoms with Gasteiger partial charge in [-0.05, 0) is 38.7 Å². The van der Waals surface area contributed by atoms with Gasteiger partial charge in [0.25, 0.3) is 5.91 Å². The van der Waals surface area contributed by atoms with Gasteiger partial charge in [0.2, 0.25) is 0 Å². The Labute approximate surface area is 150 Å². The monoisotopic (exact) mass is 345 g/mol. The average molecular weight is 345 g/mol. The van der Waals surface area contributed by atoms with Gasteiger partial charge in [0.1, 0.15) is 5.82 Å². The number of nitrogens with one attached hydrogen (secondary N) is 4. The summed E-state index contributed by atoms with van der Waals surface area (Å²) in [6.07, 6.45) is 9.76. The van der Waals surface area contributed by atoms with Crippen LogP contribution >= 0.6 is 0 Å². The fraction of sp³-hybridized carbons (Fsp3) is 0.632. The van der Waals surface area contributed by atoms with Gasteiger partial charge in [-0.1, -0.05) is 33.1 Å². The van der Waals surface area contributed by atoms with Gasteiger partial charge in [-0.25, -0.2) is 4.98 Å². The zero-order chi connectivity index (χ0) is 18.2. The number of amides is 1. The molecule has 1 aliphatic rings. The Kier molecular flexibility index (Phi) is 7.22. The van der Waals surface area contributed by atoms with Crippen molar-refractivity contribution in [2.75, 3.05) is 10.6 Å². The number of hydrogen-bond donors (Lipinski definition) is 4. The fourth-order valence-electron chi connectivity index (χ4n) is 3.21. The summed E-state index contributed by atoms with van der Waals surface area (Å²) in [4.78, 5) is 16.7. The van der Waals surface area contributed by atoms with Crippen LogP contribution in [-0.4, -0.2) is 28.8 Å². The van der Waals surface area contributed by atoms with Gasteiger partial charge < -0.3 is 16.0 Å². The molecule has 1 amide bonds. The second-order valence-corrected chi connectivity index (χ2v) is 6.84. The maximum absolute atomic E-state index is 12.2. The highest BCUT2D eigenvalue weighted by molar-refractivity contribution is 6.05. The van der Waals surface area contributed by atoms with E-state index < -0.39 is 0 Å². The molecule has 0 spiro atoms. The molecule has 0 aromatic carbocycles. The van der Waals surface area contributed by atoms with Crippen molar-refractivity contribution in [2.45, 2.75) is 77.8 Å². The maximum atomic E-state index is 12.2. The Bertz CT molecular complexity index is 591. The molecule has 0 atom stereocenters. The van der Waals surface area contributed by atoms with Crippen LogP contribution in [0.15, 0.2) is 12.3 Å². The van der Waals surface area contributed by atoms with E-state index in [-0.39, 0.29) is 11.7 Å². The number of carbonyl (C=O) groups is 1. The molecule has 1 heterocycles. The third-order valence-corrected chi connectivity index (χ3v) is 4.74. The summed E-state index contributed by atoms with van der Waals surface area (Å²) < 4.78 is 0. The second-order valence-electron chi connectivity index (χ2n) is 6.84. The first-order valence-corrected chi connectivity index (χ1v) is 9.43. The van der Waals surface area contributed by atoms with Crippen LogP contribution in [0.2, 0.25) is 0 Å². The van der Waals surface area contributed by atoms with Crippen LogP contribution < -0.4 is 16.0 Å². The van der Waals surface area contributed by atoms with Gasteiger partial charge >= 0.3 is 0 Å². The standard InChI is InChI=1S/C19H31N5O/c1-4-15(5-2)23-17-11-14(19(25)22-13(3)20)12-21-18(17)24-16-9-7-6-8-10-16/h11-12,15-16,23H,4-10H2,1-3H3,(H,21,24)(H2,20,22,25). The van der Waals surface area contributed by atoms with Crippen LogP contribution in [0.4, 0.5) is 11.5 Å². The lowest BCUT2D eigenvalue weighted by Crippen LogP contribution is -2.28. The van der Waals surface area contributed by atoms with E-state index in [2.05, 4.69) is 34.8 Å². The SMILES string of the molecule is CCC(CC)Nc1cc(C(=O)NC(C)=N)cnc1NC1CCCCC1. The minimum absolute atomic E-state index is 0.129. The number of aromatic nitrogens is 1. The van der Waals surface area contributed by atoms with Crippen molar-refractivity contribution in [3.63, 3.8) is 0 Å². The second kappa shape index (κ2) is 9.39. The van der Waals surface area contributed by atoms with Crippen molar-refractivity contribution < 1.29 is 4.79 Å². The molecule has 1 fully saturated rings. The highest BCUT2D eigenvalue weighted by atomic mass is 16.1. The Morgan fingerprint density at radius 3 is 2.56 bits per heavy atom. The molecule has 0 unspecified atom stereocenters. The zero-order valence-electron chi connectivity index (χ0n) is 15.6. The zero-order valence-corrected chi connectivity index (χ0v) is 15.6. The van der Waals surface area contributed by atoms with Crippen molar-refractivity contribution in [2.24, 2.45) is 0 Å². The van der Waals surface area contributed by atoms with Crippen LogP contribution in [0.5, 0.6) is 0 Å². The van der Waals surface area contributed by atoms with Gasteiger partial charge in [-0.2, -0.15) is 0 Å². The molecule has 138 valence electrons. The van der Waals surface area contributed by atoms with E-state index >= 15 is 0 Å². The number of amidine groups is 1. The summed E-state index contributed by atoms with van der Waals surface area (Å²) in [5.74, 6) is 0.655. The summed E-state index contributed by atoms with van der Waals surface area (Å²) in [5.41, 5.74) is 1.34. The van der Waals surface area contributed by atoms with Gasteiger partial charge in [-0.15, -0.1) is 0 Å². The number of rotatable bonds is 7. The normalized spacial score (nSPS) is 15.0. The lowest BCUT2D eigenvalue weighted by atomic mass is 9.95. The molecule has 6 nitrogen and oxygen atoms in total. The van der Waals surface area contributed by atoms with Crippen LogP contribution in [-0.2, 0) is 0 Å². The Morgan fingerprint density at radius 2 is 1.96 bits per heavy atom. The first-order chi connectivity index (χ1) is 12.0. The van der Waals surface area contributed by atoms with Crippen LogP contribution in [0.1, 0.15) is 76.1 Å². The highest BCUT2D eigenvalue weighted by Crippen LogP contribution is 2.27. The van der Waals surface area contributed by atoms with Gasteiger partial charge in [0, 0.05) is 18.3 Å². The maximum Gasteiger partial charge on any atom is 0.258 e. The topological polar surface area (TPSA) is 89.9 Å². The molecule has 1 aliphatic carbocycles. The molecule has 6 heteroatoms. The van der Waals surface area contributed by atoms with Crippen molar-refractivity contribution in [3.05, 3.63) is 17.8 Å². The Morgan fingerprint density at radius 1 is 1.28 bits per heavy atom. The van der Waals surface area contributed by atoms with Crippen molar-refractivity contribution in [3.8, 4) is 0 Å². The summed E-state index contributed by atoms with van der Waals surface area (Å²) in [6, 6.07) is 2.64. The van der Waals surface area contributed by atoms with Crippen LogP contribution in [0.25, 0.3) is 0 Å². The van der Waals surface area contributed by atoms with Crippen LogP contribution in [0, 0.1) is 5.41 Å². The summed E-state index contributed by atoms with van der Waals surface area (Å²) >= 11 is 0. The molecular weight excluding hydrogens is 314 g/mol. The van der Waals surface area contributed by atoms with Gasteiger partial charge in [0.05, 0.1) is 17.1 Å². The number of pyridine rings is 1. The lowest BCUT2D eigenvalue weighted by Gasteiger charge is -2.26. The van der Waals surface area contributed by atoms with E-state index in [9.17, 15) is 4.79 Å². The fourth-order valence-corrected chi connectivity index (χ4v) is 3.21. The van der Waals surface area contributed by atoms with Crippen LogP contribution in [0.3, 0.4) is 0 Å². The largest absolute Gasteiger partial charge is 0.379 e. The molecule has 1 saturated carbocycles. The molecule has 0 radical (unpaired) electrons. The number of carbonyl (C=O) groups excluding carboxylic acids is 1. The van der Waals surface area contributed by atoms with E-state index in [0.717, 1.165) is 24.3 Å². The quantitative estimate of drug-likeness (QED) is 0.441.